The van der Waals surface area contributed by atoms with Crippen LogP contribution in [-0.2, 0) is 0 Å². The van der Waals surface area contributed by atoms with Crippen molar-refractivity contribution in [2.45, 2.75) is 54.7 Å². The van der Waals surface area contributed by atoms with Crippen molar-refractivity contribution in [3.05, 3.63) is 35.8 Å². The van der Waals surface area contributed by atoms with Crippen LogP contribution in [0.1, 0.15) is 44.9 Å². The van der Waals surface area contributed by atoms with E-state index in [1.807, 2.05) is 31.2 Å². The number of aromatic nitrogens is 4. The molecule has 0 aliphatic heterocycles. The molecule has 1 atom stereocenters. The number of thioether (sulfide) groups is 1. The third-order valence-corrected chi connectivity index (χ3v) is 7.04. The lowest BCUT2D eigenvalue weighted by Gasteiger charge is -2.21. The lowest BCUT2D eigenvalue weighted by molar-refractivity contribution is 0.402. The summed E-state index contributed by atoms with van der Waals surface area (Å²) in [6.45, 7) is 1.84. The number of imidazole rings is 1. The van der Waals surface area contributed by atoms with Crippen LogP contribution >= 0.6 is 23.1 Å². The van der Waals surface area contributed by atoms with E-state index in [-0.39, 0.29) is 16.6 Å². The van der Waals surface area contributed by atoms with Crippen LogP contribution in [0.15, 0.2) is 34.4 Å². The summed E-state index contributed by atoms with van der Waals surface area (Å²) in [5, 5.41) is 32.7. The minimum absolute atomic E-state index is 0.0199. The fraction of sp³-hybridized carbons (Fsp3) is 0.400. The molecular weight excluding hydrogens is 404 g/mol. The van der Waals surface area contributed by atoms with Gasteiger partial charge in [0, 0.05) is 6.04 Å². The number of aromatic amines is 1. The third-order valence-electron chi connectivity index (χ3n) is 5.00. The van der Waals surface area contributed by atoms with E-state index in [1.165, 1.54) is 55.2 Å². The normalized spacial score (nSPS) is 17.0. The third kappa shape index (κ3) is 4.54. The molecule has 0 spiro atoms. The summed E-state index contributed by atoms with van der Waals surface area (Å²) in [7, 11) is 0. The predicted molar refractivity (Wildman–Crippen MR) is 117 cm³/mol. The standard InChI is InChI=1S/C20H22N6OS2/c1-12(28-20-26-25-19(29-20)22-13-7-3-2-4-8-13)17(27)14(11-21)18-23-15-9-5-6-10-16(15)24-18/h5-6,9-10,12-13,27H,2-4,7-8H2,1H3,(H,22,25)(H,23,24)/b17-14+. The Morgan fingerprint density at radius 1 is 1.31 bits per heavy atom. The largest absolute Gasteiger partial charge is 0.510 e. The summed E-state index contributed by atoms with van der Waals surface area (Å²) in [5.41, 5.74) is 1.73. The number of allylic oxidation sites excluding steroid dienone is 1. The van der Waals surface area contributed by atoms with Gasteiger partial charge in [-0.1, -0.05) is 54.5 Å². The number of aliphatic hydroxyl groups is 1. The number of nitrogens with one attached hydrogen (secondary N) is 2. The lowest BCUT2D eigenvalue weighted by Crippen LogP contribution is -2.21. The fourth-order valence-corrected chi connectivity index (χ4v) is 5.49. The average Bonchev–Trinajstić information content (AvgIpc) is 3.35. The molecule has 2 heterocycles. The van der Waals surface area contributed by atoms with E-state index in [0.717, 1.165) is 20.5 Å². The minimum Gasteiger partial charge on any atom is -0.510 e. The molecule has 7 nitrogen and oxygen atoms in total. The van der Waals surface area contributed by atoms with Crippen LogP contribution in [0.4, 0.5) is 5.13 Å². The number of anilines is 1. The molecule has 1 fully saturated rings. The Balaban J connectivity index is 1.47. The second-order valence-electron chi connectivity index (χ2n) is 7.09. The molecule has 0 bridgehead atoms. The second-order valence-corrected chi connectivity index (χ2v) is 9.65. The SMILES string of the molecule is CC(Sc1nnc(NC2CCCCC2)s1)/C(O)=C(/C#N)c1nc2ccccc2[nH]1. The van der Waals surface area contributed by atoms with E-state index < -0.39 is 0 Å². The second kappa shape index (κ2) is 8.84. The van der Waals surface area contributed by atoms with E-state index in [9.17, 15) is 10.4 Å². The highest BCUT2D eigenvalue weighted by Gasteiger charge is 2.21. The number of hydrogen-bond donors (Lipinski definition) is 3. The van der Waals surface area contributed by atoms with Crippen molar-refractivity contribution >= 4 is 44.8 Å². The molecule has 1 unspecified atom stereocenters. The van der Waals surface area contributed by atoms with Crippen LogP contribution in [0.25, 0.3) is 16.6 Å². The molecule has 3 N–H and O–H groups in total. The number of nitrogens with zero attached hydrogens (tertiary/aromatic N) is 4. The molecule has 0 saturated heterocycles. The Kier molecular flexibility index (Phi) is 6.02. The molecule has 1 aromatic carbocycles. The summed E-state index contributed by atoms with van der Waals surface area (Å²) < 4.78 is 0.754. The van der Waals surface area contributed by atoms with Gasteiger partial charge in [-0.3, -0.25) is 0 Å². The van der Waals surface area contributed by atoms with E-state index in [0.29, 0.717) is 11.9 Å². The molecule has 3 aromatic rings. The molecule has 0 amide bonds. The van der Waals surface area contributed by atoms with Gasteiger partial charge in [0.05, 0.1) is 16.3 Å². The van der Waals surface area contributed by atoms with Crippen molar-refractivity contribution in [1.82, 2.24) is 20.2 Å². The molecule has 2 aromatic heterocycles. The molecule has 150 valence electrons. The van der Waals surface area contributed by atoms with Crippen LogP contribution in [0.3, 0.4) is 0 Å². The highest BCUT2D eigenvalue weighted by atomic mass is 32.2. The molecule has 29 heavy (non-hydrogen) atoms. The van der Waals surface area contributed by atoms with Gasteiger partial charge in [0.25, 0.3) is 0 Å². The van der Waals surface area contributed by atoms with E-state index in [2.05, 4.69) is 31.6 Å². The first-order valence-electron chi connectivity index (χ1n) is 9.69. The molecule has 1 aliphatic carbocycles. The highest BCUT2D eigenvalue weighted by molar-refractivity contribution is 8.01. The Labute approximate surface area is 177 Å². The molecule has 1 saturated carbocycles. The first-order valence-corrected chi connectivity index (χ1v) is 11.4. The van der Waals surface area contributed by atoms with Crippen molar-refractivity contribution in [1.29, 1.82) is 5.26 Å². The molecule has 1 aliphatic rings. The smallest absolute Gasteiger partial charge is 0.206 e. The van der Waals surface area contributed by atoms with Crippen LogP contribution in [0, 0.1) is 11.3 Å². The van der Waals surface area contributed by atoms with Gasteiger partial charge < -0.3 is 15.4 Å². The first kappa shape index (κ1) is 19.7. The van der Waals surface area contributed by atoms with E-state index in [4.69, 9.17) is 0 Å². The van der Waals surface area contributed by atoms with Gasteiger partial charge in [0.15, 0.2) is 10.2 Å². The number of hydrogen-bond acceptors (Lipinski definition) is 8. The van der Waals surface area contributed by atoms with Crippen LogP contribution in [0.2, 0.25) is 0 Å². The van der Waals surface area contributed by atoms with Gasteiger partial charge >= 0.3 is 0 Å². The topological polar surface area (TPSA) is 111 Å². The van der Waals surface area contributed by atoms with Gasteiger partial charge in [-0.25, -0.2) is 4.98 Å². The minimum atomic E-state index is -0.353. The maximum absolute atomic E-state index is 10.7. The first-order chi connectivity index (χ1) is 14.1. The van der Waals surface area contributed by atoms with E-state index in [1.54, 1.807) is 0 Å². The maximum Gasteiger partial charge on any atom is 0.206 e. The number of benzene rings is 1. The van der Waals surface area contributed by atoms with Crippen molar-refractivity contribution in [2.75, 3.05) is 5.32 Å². The molecule has 0 radical (unpaired) electrons. The highest BCUT2D eigenvalue weighted by Crippen LogP contribution is 2.34. The Morgan fingerprint density at radius 2 is 2.10 bits per heavy atom. The number of H-pyrrole nitrogens is 1. The summed E-state index contributed by atoms with van der Waals surface area (Å²) in [5.74, 6) is 0.351. The van der Waals surface area contributed by atoms with Gasteiger partial charge in [0.2, 0.25) is 5.13 Å². The van der Waals surface area contributed by atoms with Gasteiger partial charge in [-0.05, 0) is 31.9 Å². The van der Waals surface area contributed by atoms with Crippen molar-refractivity contribution < 1.29 is 5.11 Å². The Bertz CT molecular complexity index is 1030. The molecule has 9 heteroatoms. The lowest BCUT2D eigenvalue weighted by atomic mass is 9.96. The molecule has 4 rings (SSSR count). The summed E-state index contributed by atoms with van der Waals surface area (Å²) in [6.07, 6.45) is 6.17. The van der Waals surface area contributed by atoms with Crippen molar-refractivity contribution in [3.8, 4) is 6.07 Å². The number of rotatable bonds is 6. The van der Waals surface area contributed by atoms with Gasteiger partial charge in [-0.2, -0.15) is 5.26 Å². The zero-order chi connectivity index (χ0) is 20.2. The van der Waals surface area contributed by atoms with E-state index >= 15 is 0 Å². The van der Waals surface area contributed by atoms with Crippen LogP contribution < -0.4 is 5.32 Å². The number of para-hydroxylation sites is 2. The van der Waals surface area contributed by atoms with Gasteiger partial charge in [0.1, 0.15) is 17.4 Å². The quantitative estimate of drug-likeness (QED) is 0.284. The zero-order valence-electron chi connectivity index (χ0n) is 16.1. The monoisotopic (exact) mass is 426 g/mol. The van der Waals surface area contributed by atoms with Crippen LogP contribution in [0.5, 0.6) is 0 Å². The maximum atomic E-state index is 10.7. The van der Waals surface area contributed by atoms with Crippen molar-refractivity contribution in [2.24, 2.45) is 0 Å². The number of nitriles is 1. The molecular formula is C20H22N6OS2. The van der Waals surface area contributed by atoms with Crippen LogP contribution in [-0.4, -0.2) is 36.6 Å². The van der Waals surface area contributed by atoms with Gasteiger partial charge in [-0.15, -0.1) is 10.2 Å². The van der Waals surface area contributed by atoms with Crippen molar-refractivity contribution in [3.63, 3.8) is 0 Å². The zero-order valence-corrected chi connectivity index (χ0v) is 17.7. The number of fused-ring (bicyclic) bond motifs is 1. The summed E-state index contributed by atoms with van der Waals surface area (Å²) in [6, 6.07) is 10.1. The predicted octanol–water partition coefficient (Wildman–Crippen LogP) is 5.13. The average molecular weight is 427 g/mol. The Morgan fingerprint density at radius 3 is 2.86 bits per heavy atom. The Hall–Kier alpha value is -2.57. The summed E-state index contributed by atoms with van der Waals surface area (Å²) >= 11 is 2.86. The fourth-order valence-electron chi connectivity index (χ4n) is 3.45. The number of aliphatic hydroxyl groups excluding tert-OH is 1. The summed E-state index contributed by atoms with van der Waals surface area (Å²) in [4.78, 5) is 7.52.